The molecule has 2 aromatic rings. The molecule has 0 aliphatic rings. The van der Waals surface area contributed by atoms with Crippen molar-refractivity contribution in [1.29, 1.82) is 0 Å². The zero-order valence-corrected chi connectivity index (χ0v) is 21.5. The number of hydrogen-bond donors (Lipinski definition) is 1. The van der Waals surface area contributed by atoms with Crippen molar-refractivity contribution in [3.63, 3.8) is 0 Å². The summed E-state index contributed by atoms with van der Waals surface area (Å²) in [7, 11) is -4.86. The zero-order chi connectivity index (χ0) is 27.5. The highest BCUT2D eigenvalue weighted by molar-refractivity contribution is 9.10. The van der Waals surface area contributed by atoms with Crippen molar-refractivity contribution >= 4 is 37.6 Å². The Bertz CT molecular complexity index is 1260. The molecule has 0 aliphatic heterocycles. The van der Waals surface area contributed by atoms with E-state index in [0.717, 1.165) is 31.2 Å². The molecular formula is C21H21BrF4N2O7S. The summed E-state index contributed by atoms with van der Waals surface area (Å²) in [5, 5.41) is 11.4. The molecular weight excluding hydrogens is 580 g/mol. The maximum Gasteiger partial charge on any atom is 0.428 e. The van der Waals surface area contributed by atoms with E-state index in [-0.39, 0.29) is 4.47 Å². The standard InChI is InChI=1S/C21H21BrF4N2O7S/c1-4-34-18(29)20(3,21(24,25)26)35-12-19(2,14-11-13(22)9-10-15(14)23)27-36(32,33)17-8-6-5-7-16(17)28(30)31/h5-11,27H,4,12H2,1-3H3. The summed E-state index contributed by atoms with van der Waals surface area (Å²) < 4.78 is 94.4. The minimum Gasteiger partial charge on any atom is -0.464 e. The number of carbonyl (C=O) groups is 1. The molecule has 0 aromatic heterocycles. The topological polar surface area (TPSA) is 125 Å². The molecule has 0 heterocycles. The lowest BCUT2D eigenvalue weighted by molar-refractivity contribution is -0.387. The van der Waals surface area contributed by atoms with Crippen LogP contribution in [0.2, 0.25) is 0 Å². The summed E-state index contributed by atoms with van der Waals surface area (Å²) in [6.07, 6.45) is -5.30. The molecule has 0 amide bonds. The molecule has 2 aromatic carbocycles. The maximum absolute atomic E-state index is 14.8. The van der Waals surface area contributed by atoms with Gasteiger partial charge >= 0.3 is 12.1 Å². The molecule has 0 saturated carbocycles. The van der Waals surface area contributed by atoms with Crippen LogP contribution in [0.3, 0.4) is 0 Å². The minimum absolute atomic E-state index is 0.235. The Morgan fingerprint density at radius 2 is 1.78 bits per heavy atom. The van der Waals surface area contributed by atoms with Crippen molar-refractivity contribution in [3.05, 3.63) is 68.4 Å². The van der Waals surface area contributed by atoms with Crippen LogP contribution in [0.4, 0.5) is 23.2 Å². The van der Waals surface area contributed by atoms with Crippen LogP contribution in [0.1, 0.15) is 26.3 Å². The second-order valence-electron chi connectivity index (χ2n) is 7.83. The Balaban J connectivity index is 2.65. The first kappa shape index (κ1) is 29.6. The Morgan fingerprint density at radius 3 is 2.33 bits per heavy atom. The summed E-state index contributed by atoms with van der Waals surface area (Å²) >= 11 is 3.08. The highest BCUT2D eigenvalue weighted by Crippen LogP contribution is 2.38. The van der Waals surface area contributed by atoms with Gasteiger partial charge in [0.1, 0.15) is 5.82 Å². The van der Waals surface area contributed by atoms with Crippen LogP contribution in [-0.4, -0.2) is 44.3 Å². The number of carbonyl (C=O) groups excluding carboxylic acids is 1. The zero-order valence-electron chi connectivity index (χ0n) is 19.1. The largest absolute Gasteiger partial charge is 0.464 e. The highest BCUT2D eigenvalue weighted by atomic mass is 79.9. The number of rotatable bonds is 10. The molecule has 0 aliphatic carbocycles. The lowest BCUT2D eigenvalue weighted by atomic mass is 9.93. The van der Waals surface area contributed by atoms with Gasteiger partial charge in [-0.2, -0.15) is 17.9 Å². The molecule has 2 unspecified atom stereocenters. The van der Waals surface area contributed by atoms with Gasteiger partial charge in [-0.1, -0.05) is 28.1 Å². The molecule has 15 heteroatoms. The predicted octanol–water partition coefficient (Wildman–Crippen LogP) is 4.59. The van der Waals surface area contributed by atoms with Crippen LogP contribution in [0, 0.1) is 15.9 Å². The first-order chi connectivity index (χ1) is 16.5. The van der Waals surface area contributed by atoms with Crippen LogP contribution in [-0.2, 0) is 29.8 Å². The van der Waals surface area contributed by atoms with Crippen molar-refractivity contribution < 1.29 is 45.2 Å². The Labute approximate surface area is 212 Å². The molecule has 0 fully saturated rings. The van der Waals surface area contributed by atoms with E-state index in [2.05, 4.69) is 20.7 Å². The molecule has 198 valence electrons. The summed E-state index contributed by atoms with van der Waals surface area (Å²) in [6.45, 7) is 1.03. The molecule has 0 spiro atoms. The second-order valence-corrected chi connectivity index (χ2v) is 10.4. The smallest absolute Gasteiger partial charge is 0.428 e. The van der Waals surface area contributed by atoms with Gasteiger partial charge in [-0.05, 0) is 45.0 Å². The SMILES string of the molecule is CCOC(=O)C(C)(OCC(C)(NS(=O)(=O)c1ccccc1[N+](=O)[O-])c1cc(Br)ccc1F)C(F)(F)F. The first-order valence-corrected chi connectivity index (χ1v) is 12.4. The number of nitro benzene ring substituents is 1. The number of nitro groups is 1. The van der Waals surface area contributed by atoms with Crippen LogP contribution in [0.5, 0.6) is 0 Å². The van der Waals surface area contributed by atoms with Crippen LogP contribution in [0.15, 0.2) is 51.8 Å². The molecule has 2 rings (SSSR count). The van der Waals surface area contributed by atoms with Gasteiger partial charge in [0.25, 0.3) is 11.3 Å². The van der Waals surface area contributed by atoms with Crippen molar-refractivity contribution in [2.75, 3.05) is 13.2 Å². The summed E-state index contributed by atoms with van der Waals surface area (Å²) in [4.78, 5) is 21.7. The number of para-hydroxylation sites is 1. The van der Waals surface area contributed by atoms with E-state index in [1.807, 2.05) is 4.72 Å². The van der Waals surface area contributed by atoms with Gasteiger partial charge in [0.2, 0.25) is 10.0 Å². The van der Waals surface area contributed by atoms with E-state index >= 15 is 0 Å². The van der Waals surface area contributed by atoms with Gasteiger partial charge in [-0.15, -0.1) is 0 Å². The Morgan fingerprint density at radius 1 is 1.17 bits per heavy atom. The average Bonchev–Trinajstić information content (AvgIpc) is 2.78. The number of nitrogens with zero attached hydrogens (tertiary/aromatic N) is 1. The third-order valence-electron chi connectivity index (χ3n) is 5.09. The first-order valence-electron chi connectivity index (χ1n) is 10.1. The summed E-state index contributed by atoms with van der Waals surface area (Å²) in [5.74, 6) is -2.82. The van der Waals surface area contributed by atoms with Gasteiger partial charge in [0.15, 0.2) is 4.90 Å². The van der Waals surface area contributed by atoms with Crippen LogP contribution >= 0.6 is 15.9 Å². The van der Waals surface area contributed by atoms with E-state index in [4.69, 9.17) is 4.74 Å². The van der Waals surface area contributed by atoms with Crippen LogP contribution in [0.25, 0.3) is 0 Å². The van der Waals surface area contributed by atoms with Gasteiger partial charge in [0.05, 0.1) is 23.7 Å². The van der Waals surface area contributed by atoms with E-state index in [1.165, 1.54) is 25.1 Å². The number of halogens is 5. The van der Waals surface area contributed by atoms with Crippen LogP contribution < -0.4 is 4.72 Å². The quantitative estimate of drug-likeness (QED) is 0.183. The van der Waals surface area contributed by atoms with Gasteiger partial charge in [-0.25, -0.2) is 17.6 Å². The Kier molecular flexibility index (Phi) is 8.87. The highest BCUT2D eigenvalue weighted by Gasteiger charge is 2.60. The average molecular weight is 601 g/mol. The molecule has 0 radical (unpaired) electrons. The Hall–Kier alpha value is -2.62. The predicted molar refractivity (Wildman–Crippen MR) is 122 cm³/mol. The van der Waals surface area contributed by atoms with Crippen molar-refractivity contribution in [2.24, 2.45) is 0 Å². The molecule has 9 nitrogen and oxygen atoms in total. The molecule has 36 heavy (non-hydrogen) atoms. The number of ether oxygens (including phenoxy) is 2. The van der Waals surface area contributed by atoms with Gasteiger partial charge in [-0.3, -0.25) is 10.1 Å². The van der Waals surface area contributed by atoms with Crippen molar-refractivity contribution in [3.8, 4) is 0 Å². The van der Waals surface area contributed by atoms with Crippen molar-refractivity contribution in [2.45, 2.75) is 43.0 Å². The minimum atomic E-state index is -5.30. The number of nitrogens with one attached hydrogen (secondary N) is 1. The van der Waals surface area contributed by atoms with Gasteiger partial charge < -0.3 is 9.47 Å². The van der Waals surface area contributed by atoms with Crippen molar-refractivity contribution in [1.82, 2.24) is 4.72 Å². The number of benzene rings is 2. The number of hydrogen-bond acceptors (Lipinski definition) is 7. The number of alkyl halides is 3. The molecule has 1 N–H and O–H groups in total. The van der Waals surface area contributed by atoms with E-state index in [0.29, 0.717) is 6.92 Å². The van der Waals surface area contributed by atoms with E-state index in [9.17, 15) is 40.9 Å². The normalized spacial score (nSPS) is 15.6. The van der Waals surface area contributed by atoms with Gasteiger partial charge in [0, 0.05) is 16.1 Å². The van der Waals surface area contributed by atoms with E-state index in [1.54, 1.807) is 0 Å². The third kappa shape index (κ3) is 6.19. The second kappa shape index (κ2) is 10.8. The summed E-state index contributed by atoms with van der Waals surface area (Å²) in [6, 6.07) is 7.48. The summed E-state index contributed by atoms with van der Waals surface area (Å²) in [5.41, 5.74) is -7.13. The molecule has 0 bridgehead atoms. The lowest BCUT2D eigenvalue weighted by Gasteiger charge is -2.36. The maximum atomic E-state index is 14.8. The van der Waals surface area contributed by atoms with E-state index < -0.39 is 73.4 Å². The number of esters is 1. The molecule has 0 saturated heterocycles. The monoisotopic (exact) mass is 600 g/mol. The fourth-order valence-corrected chi connectivity index (χ4v) is 4.99. The lowest BCUT2D eigenvalue weighted by Crippen LogP contribution is -2.56. The number of sulfonamides is 1. The fraction of sp³-hybridized carbons (Fsp3) is 0.381. The fourth-order valence-electron chi connectivity index (χ4n) is 3.08. The third-order valence-corrected chi connectivity index (χ3v) is 7.23. The molecule has 2 atom stereocenters.